The Morgan fingerprint density at radius 3 is 2.54 bits per heavy atom. The van der Waals surface area contributed by atoms with Gasteiger partial charge in [0.1, 0.15) is 5.82 Å². The molecule has 132 valence electrons. The Labute approximate surface area is 141 Å². The van der Waals surface area contributed by atoms with Crippen molar-refractivity contribution in [3.63, 3.8) is 0 Å². The van der Waals surface area contributed by atoms with Gasteiger partial charge in [-0.25, -0.2) is 12.8 Å². The van der Waals surface area contributed by atoms with Crippen molar-refractivity contribution >= 4 is 15.9 Å². The Hall–Kier alpha value is -1.51. The van der Waals surface area contributed by atoms with Gasteiger partial charge in [0.15, 0.2) is 0 Å². The van der Waals surface area contributed by atoms with E-state index in [1.54, 1.807) is 18.2 Å². The van der Waals surface area contributed by atoms with Crippen LogP contribution in [0, 0.1) is 5.82 Å². The van der Waals surface area contributed by atoms with Crippen LogP contribution < -0.4 is 5.32 Å². The molecule has 0 bridgehead atoms. The summed E-state index contributed by atoms with van der Waals surface area (Å²) in [4.78, 5) is 12.4. The molecular weight excluding hydrogens is 335 g/mol. The number of morpholine rings is 1. The third-order valence-electron chi connectivity index (χ3n) is 4.58. The van der Waals surface area contributed by atoms with E-state index in [1.807, 2.05) is 0 Å². The standard InChI is InChI=1S/C16H21FN2O4S/c17-14-4-2-1-3-13(14)16(5-6-16)15(20)18-7-12-24(21,22)19-8-10-23-11-9-19/h1-4H,5-12H2,(H,18,20). The van der Waals surface area contributed by atoms with Crippen LogP contribution in [-0.2, 0) is 25.0 Å². The lowest BCUT2D eigenvalue weighted by atomic mass is 9.94. The number of amides is 1. The predicted molar refractivity (Wildman–Crippen MR) is 86.5 cm³/mol. The Kier molecular flexibility index (Phi) is 4.89. The minimum absolute atomic E-state index is 0.0225. The molecule has 0 radical (unpaired) electrons. The van der Waals surface area contributed by atoms with E-state index in [9.17, 15) is 17.6 Å². The lowest BCUT2D eigenvalue weighted by Gasteiger charge is -2.26. The molecular formula is C16H21FN2O4S. The monoisotopic (exact) mass is 356 g/mol. The summed E-state index contributed by atoms with van der Waals surface area (Å²) in [7, 11) is -3.41. The third kappa shape index (κ3) is 3.45. The van der Waals surface area contributed by atoms with E-state index < -0.39 is 21.3 Å². The Morgan fingerprint density at radius 2 is 1.92 bits per heavy atom. The van der Waals surface area contributed by atoms with Gasteiger partial charge in [-0.2, -0.15) is 4.31 Å². The van der Waals surface area contributed by atoms with Crippen LogP contribution in [0.5, 0.6) is 0 Å². The number of sulfonamides is 1. The molecule has 0 unspecified atom stereocenters. The van der Waals surface area contributed by atoms with Gasteiger partial charge in [0, 0.05) is 25.2 Å². The van der Waals surface area contributed by atoms with Gasteiger partial charge in [0.25, 0.3) is 0 Å². The van der Waals surface area contributed by atoms with E-state index in [4.69, 9.17) is 4.74 Å². The highest BCUT2D eigenvalue weighted by atomic mass is 32.2. The van der Waals surface area contributed by atoms with Gasteiger partial charge in [0.2, 0.25) is 15.9 Å². The first-order valence-electron chi connectivity index (χ1n) is 8.05. The molecule has 0 spiro atoms. The molecule has 1 saturated carbocycles. The zero-order valence-electron chi connectivity index (χ0n) is 13.3. The van der Waals surface area contributed by atoms with E-state index in [-0.39, 0.29) is 18.2 Å². The fraction of sp³-hybridized carbons (Fsp3) is 0.562. The van der Waals surface area contributed by atoms with Crippen molar-refractivity contribution in [3.05, 3.63) is 35.6 Å². The number of carbonyl (C=O) groups excluding carboxylic acids is 1. The van der Waals surface area contributed by atoms with Gasteiger partial charge >= 0.3 is 0 Å². The minimum atomic E-state index is -3.41. The SMILES string of the molecule is O=C(NCCS(=O)(=O)N1CCOCC1)C1(c2ccccc2F)CC1. The summed E-state index contributed by atoms with van der Waals surface area (Å²) in [5.74, 6) is -0.859. The van der Waals surface area contributed by atoms with Gasteiger partial charge < -0.3 is 10.1 Å². The first kappa shape index (κ1) is 17.3. The van der Waals surface area contributed by atoms with Crippen LogP contribution in [0.1, 0.15) is 18.4 Å². The van der Waals surface area contributed by atoms with E-state index in [2.05, 4.69) is 5.32 Å². The van der Waals surface area contributed by atoms with E-state index in [0.29, 0.717) is 44.7 Å². The fourth-order valence-electron chi connectivity index (χ4n) is 3.01. The maximum atomic E-state index is 13.9. The summed E-state index contributed by atoms with van der Waals surface area (Å²) >= 11 is 0. The number of benzene rings is 1. The number of ether oxygens (including phenoxy) is 1. The van der Waals surface area contributed by atoms with Gasteiger partial charge in [0.05, 0.1) is 24.4 Å². The van der Waals surface area contributed by atoms with Crippen molar-refractivity contribution in [1.29, 1.82) is 0 Å². The molecule has 1 aromatic rings. The topological polar surface area (TPSA) is 75.7 Å². The van der Waals surface area contributed by atoms with Crippen LogP contribution in [0.2, 0.25) is 0 Å². The Bertz CT molecular complexity index is 713. The first-order valence-corrected chi connectivity index (χ1v) is 9.65. The van der Waals surface area contributed by atoms with Crippen molar-refractivity contribution in [1.82, 2.24) is 9.62 Å². The lowest BCUT2D eigenvalue weighted by Crippen LogP contribution is -2.44. The fourth-order valence-corrected chi connectivity index (χ4v) is 4.33. The molecule has 3 rings (SSSR count). The maximum Gasteiger partial charge on any atom is 0.230 e. The van der Waals surface area contributed by atoms with Crippen LogP contribution in [0.25, 0.3) is 0 Å². The minimum Gasteiger partial charge on any atom is -0.379 e. The summed E-state index contributed by atoms with van der Waals surface area (Å²) in [6.07, 6.45) is 1.16. The molecule has 0 atom stereocenters. The molecule has 6 nitrogen and oxygen atoms in total. The van der Waals surface area contributed by atoms with Crippen molar-refractivity contribution in [2.24, 2.45) is 0 Å². The van der Waals surface area contributed by atoms with Gasteiger partial charge in [-0.1, -0.05) is 18.2 Å². The second-order valence-electron chi connectivity index (χ2n) is 6.15. The molecule has 1 aromatic carbocycles. The van der Waals surface area contributed by atoms with Gasteiger partial charge in [-0.3, -0.25) is 4.79 Å². The molecule has 1 heterocycles. The number of carbonyl (C=O) groups is 1. The molecule has 8 heteroatoms. The molecule has 0 aromatic heterocycles. The quantitative estimate of drug-likeness (QED) is 0.811. The van der Waals surface area contributed by atoms with Crippen molar-refractivity contribution in [2.45, 2.75) is 18.3 Å². The number of hydrogen-bond donors (Lipinski definition) is 1. The number of nitrogens with one attached hydrogen (secondary N) is 1. The summed E-state index contributed by atoms with van der Waals surface area (Å²) in [5, 5.41) is 2.66. The molecule has 1 aliphatic heterocycles. The largest absolute Gasteiger partial charge is 0.379 e. The van der Waals surface area contributed by atoms with Crippen LogP contribution in [0.15, 0.2) is 24.3 Å². The molecule has 1 aliphatic carbocycles. The number of hydrogen-bond acceptors (Lipinski definition) is 4. The molecule has 24 heavy (non-hydrogen) atoms. The van der Waals surface area contributed by atoms with Crippen molar-refractivity contribution in [3.8, 4) is 0 Å². The van der Waals surface area contributed by atoms with Crippen molar-refractivity contribution in [2.75, 3.05) is 38.6 Å². The molecule has 2 fully saturated rings. The van der Waals surface area contributed by atoms with Crippen molar-refractivity contribution < 1.29 is 22.3 Å². The summed E-state index contributed by atoms with van der Waals surface area (Å²) < 4.78 is 44.9. The predicted octanol–water partition coefficient (Wildman–Crippen LogP) is 0.636. The number of halogens is 1. The second kappa shape index (κ2) is 6.78. The third-order valence-corrected chi connectivity index (χ3v) is 6.46. The van der Waals surface area contributed by atoms with E-state index >= 15 is 0 Å². The average Bonchev–Trinajstić information content (AvgIpc) is 3.37. The van der Waals surface area contributed by atoms with Crippen LogP contribution in [0.4, 0.5) is 4.39 Å². The normalized spacial score (nSPS) is 20.5. The van der Waals surface area contributed by atoms with E-state index in [0.717, 1.165) is 0 Å². The summed E-state index contributed by atoms with van der Waals surface area (Å²) in [6.45, 7) is 1.49. The number of nitrogens with zero attached hydrogens (tertiary/aromatic N) is 1. The molecule has 1 N–H and O–H groups in total. The highest BCUT2D eigenvalue weighted by molar-refractivity contribution is 7.89. The molecule has 1 amide bonds. The highest BCUT2D eigenvalue weighted by Gasteiger charge is 2.52. The van der Waals surface area contributed by atoms with Gasteiger partial charge in [-0.15, -0.1) is 0 Å². The van der Waals surface area contributed by atoms with E-state index in [1.165, 1.54) is 10.4 Å². The zero-order chi connectivity index (χ0) is 17.2. The van der Waals surface area contributed by atoms with Crippen LogP contribution in [-0.4, -0.2) is 57.2 Å². The molecule has 1 saturated heterocycles. The smallest absolute Gasteiger partial charge is 0.230 e. The van der Waals surface area contributed by atoms with Gasteiger partial charge in [-0.05, 0) is 18.9 Å². The second-order valence-corrected chi connectivity index (χ2v) is 8.23. The Morgan fingerprint density at radius 1 is 1.25 bits per heavy atom. The highest BCUT2D eigenvalue weighted by Crippen LogP contribution is 2.49. The lowest BCUT2D eigenvalue weighted by molar-refractivity contribution is -0.123. The summed E-state index contributed by atoms with van der Waals surface area (Å²) in [5.41, 5.74) is -0.452. The average molecular weight is 356 g/mol. The first-order chi connectivity index (χ1) is 11.5. The maximum absolute atomic E-state index is 13.9. The number of rotatable bonds is 6. The molecule has 2 aliphatic rings. The van der Waals surface area contributed by atoms with Crippen LogP contribution in [0.3, 0.4) is 0 Å². The van der Waals surface area contributed by atoms with Crippen LogP contribution >= 0.6 is 0 Å². The summed E-state index contributed by atoms with van der Waals surface area (Å²) in [6, 6.07) is 6.24. The zero-order valence-corrected chi connectivity index (χ0v) is 14.1. The Balaban J connectivity index is 1.57.